The summed E-state index contributed by atoms with van der Waals surface area (Å²) in [7, 11) is 0. The van der Waals surface area contributed by atoms with Crippen molar-refractivity contribution in [3.8, 4) is 5.75 Å². The number of aliphatic imine (C=N–C) groups is 1. The number of benzene rings is 2. The first-order valence-corrected chi connectivity index (χ1v) is 6.57. The number of hydrogen-bond donors (Lipinski definition) is 1. The summed E-state index contributed by atoms with van der Waals surface area (Å²) in [6, 6.07) is 7.30. The van der Waals surface area contributed by atoms with Crippen LogP contribution in [0.5, 0.6) is 5.75 Å². The van der Waals surface area contributed by atoms with Crippen molar-refractivity contribution in [1.29, 1.82) is 0 Å². The molecule has 2 rings (SSSR count). The Bertz CT molecular complexity index is 810. The minimum absolute atomic E-state index is 0.0893. The van der Waals surface area contributed by atoms with Crippen LogP contribution in [-0.4, -0.2) is 21.2 Å². The van der Waals surface area contributed by atoms with Crippen LogP contribution in [0.1, 0.15) is 16.7 Å². The Labute approximate surface area is 131 Å². The van der Waals surface area contributed by atoms with Crippen molar-refractivity contribution in [2.45, 2.75) is 13.8 Å². The van der Waals surface area contributed by atoms with E-state index >= 15 is 0 Å². The highest BCUT2D eigenvalue weighted by Crippen LogP contribution is 2.34. The number of non-ortho nitro benzene ring substituents is 1. The summed E-state index contributed by atoms with van der Waals surface area (Å²) in [5.41, 5.74) is 1.08. The summed E-state index contributed by atoms with van der Waals surface area (Å²) in [4.78, 5) is 24.4. The number of nitro groups is 2. The molecule has 0 unspecified atom stereocenters. The molecule has 8 nitrogen and oxygen atoms in total. The van der Waals surface area contributed by atoms with Gasteiger partial charge in [-0.25, -0.2) is 0 Å². The van der Waals surface area contributed by atoms with Crippen LogP contribution >= 0.6 is 0 Å². The normalized spacial score (nSPS) is 10.9. The van der Waals surface area contributed by atoms with Gasteiger partial charge in [0.05, 0.1) is 21.6 Å². The highest BCUT2D eigenvalue weighted by molar-refractivity contribution is 5.89. The van der Waals surface area contributed by atoms with Gasteiger partial charge >= 0.3 is 5.69 Å². The first-order chi connectivity index (χ1) is 10.8. The number of hydrogen-bond acceptors (Lipinski definition) is 6. The maximum absolute atomic E-state index is 10.9. The molecule has 2 aromatic carbocycles. The molecule has 1 N–H and O–H groups in total. The summed E-state index contributed by atoms with van der Waals surface area (Å²) in [5.74, 6) is -0.657. The van der Waals surface area contributed by atoms with E-state index in [1.807, 2.05) is 32.0 Å². The van der Waals surface area contributed by atoms with Gasteiger partial charge in [0, 0.05) is 17.8 Å². The molecule has 0 atom stereocenters. The van der Waals surface area contributed by atoms with Crippen LogP contribution in [0.2, 0.25) is 0 Å². The lowest BCUT2D eigenvalue weighted by atomic mass is 10.1. The number of aromatic hydroxyl groups is 1. The van der Waals surface area contributed by atoms with Crippen molar-refractivity contribution in [1.82, 2.24) is 0 Å². The average molecular weight is 315 g/mol. The molecule has 0 aliphatic rings. The molecule has 0 saturated heterocycles. The molecule has 118 valence electrons. The van der Waals surface area contributed by atoms with E-state index in [0.717, 1.165) is 17.2 Å². The summed E-state index contributed by atoms with van der Waals surface area (Å²) in [6.07, 6.45) is 1.19. The Kier molecular flexibility index (Phi) is 4.35. The van der Waals surface area contributed by atoms with E-state index in [2.05, 4.69) is 4.99 Å². The van der Waals surface area contributed by atoms with Crippen molar-refractivity contribution in [2.24, 2.45) is 4.99 Å². The molecule has 2 aromatic rings. The van der Waals surface area contributed by atoms with Gasteiger partial charge in [0.1, 0.15) is 0 Å². The number of nitrogens with zero attached hydrogens (tertiary/aromatic N) is 3. The summed E-state index contributed by atoms with van der Waals surface area (Å²) in [5, 5.41) is 31.7. The van der Waals surface area contributed by atoms with Gasteiger partial charge < -0.3 is 5.11 Å². The first kappa shape index (κ1) is 16.1. The second-order valence-corrected chi connectivity index (χ2v) is 4.92. The highest BCUT2D eigenvalue weighted by atomic mass is 16.6. The van der Waals surface area contributed by atoms with E-state index in [9.17, 15) is 25.3 Å². The van der Waals surface area contributed by atoms with Crippen molar-refractivity contribution < 1.29 is 15.0 Å². The SMILES string of the molecule is Cc1cccc(C)c1N=Cc1cc([N+](=O)[O-])cc([N+](=O)[O-])c1O. The molecule has 0 heterocycles. The predicted octanol–water partition coefficient (Wildman–Crippen LogP) is 3.58. The third-order valence-corrected chi connectivity index (χ3v) is 3.28. The third kappa shape index (κ3) is 3.31. The minimum Gasteiger partial charge on any atom is -0.502 e. The van der Waals surface area contributed by atoms with Gasteiger partial charge in [0.15, 0.2) is 0 Å². The van der Waals surface area contributed by atoms with Gasteiger partial charge in [0.2, 0.25) is 5.75 Å². The van der Waals surface area contributed by atoms with E-state index in [1.54, 1.807) is 0 Å². The van der Waals surface area contributed by atoms with E-state index < -0.39 is 27.0 Å². The monoisotopic (exact) mass is 315 g/mol. The number of aryl methyl sites for hydroxylation is 2. The predicted molar refractivity (Wildman–Crippen MR) is 84.6 cm³/mol. The highest BCUT2D eigenvalue weighted by Gasteiger charge is 2.23. The molecule has 0 aliphatic carbocycles. The molecule has 0 amide bonds. The molecule has 0 saturated carbocycles. The fourth-order valence-corrected chi connectivity index (χ4v) is 2.11. The van der Waals surface area contributed by atoms with Crippen LogP contribution in [0.3, 0.4) is 0 Å². The zero-order valence-corrected chi connectivity index (χ0v) is 12.4. The Morgan fingerprint density at radius 1 is 1.09 bits per heavy atom. The summed E-state index contributed by atoms with van der Waals surface area (Å²) in [6.45, 7) is 3.69. The van der Waals surface area contributed by atoms with Gasteiger partial charge in [-0.3, -0.25) is 25.2 Å². The number of para-hydroxylation sites is 1. The van der Waals surface area contributed by atoms with Crippen LogP contribution < -0.4 is 0 Å². The van der Waals surface area contributed by atoms with E-state index in [1.165, 1.54) is 6.21 Å². The maximum Gasteiger partial charge on any atom is 0.318 e. The fourth-order valence-electron chi connectivity index (χ4n) is 2.11. The topological polar surface area (TPSA) is 119 Å². The van der Waals surface area contributed by atoms with E-state index in [4.69, 9.17) is 0 Å². The van der Waals surface area contributed by atoms with Crippen LogP contribution in [0.15, 0.2) is 35.3 Å². The van der Waals surface area contributed by atoms with Gasteiger partial charge in [-0.1, -0.05) is 18.2 Å². The second kappa shape index (κ2) is 6.22. The Balaban J connectivity index is 2.57. The van der Waals surface area contributed by atoms with Crippen molar-refractivity contribution >= 4 is 23.3 Å². The summed E-state index contributed by atoms with van der Waals surface area (Å²) >= 11 is 0. The van der Waals surface area contributed by atoms with Crippen molar-refractivity contribution in [3.05, 3.63) is 67.3 Å². The van der Waals surface area contributed by atoms with Crippen molar-refractivity contribution in [2.75, 3.05) is 0 Å². The van der Waals surface area contributed by atoms with Crippen LogP contribution in [0, 0.1) is 34.1 Å². The van der Waals surface area contributed by atoms with Gasteiger partial charge in [0.25, 0.3) is 5.69 Å². The standard InChI is InChI=1S/C15H13N3O5/c1-9-4-3-5-10(2)14(9)16-8-11-6-12(17(20)21)7-13(15(11)19)18(22)23/h3-8,19H,1-2H3. The second-order valence-electron chi connectivity index (χ2n) is 4.92. The smallest absolute Gasteiger partial charge is 0.318 e. The number of phenolic OH excluding ortho intramolecular Hbond substituents is 1. The Morgan fingerprint density at radius 2 is 1.70 bits per heavy atom. The van der Waals surface area contributed by atoms with E-state index in [0.29, 0.717) is 11.8 Å². The largest absolute Gasteiger partial charge is 0.502 e. The third-order valence-electron chi connectivity index (χ3n) is 3.28. The lowest BCUT2D eigenvalue weighted by Gasteiger charge is -2.04. The minimum atomic E-state index is -0.876. The zero-order valence-electron chi connectivity index (χ0n) is 12.4. The molecule has 0 radical (unpaired) electrons. The van der Waals surface area contributed by atoms with Crippen molar-refractivity contribution in [3.63, 3.8) is 0 Å². The van der Waals surface area contributed by atoms with Crippen LogP contribution in [-0.2, 0) is 0 Å². The lowest BCUT2D eigenvalue weighted by Crippen LogP contribution is -1.96. The quantitative estimate of drug-likeness (QED) is 0.525. The average Bonchev–Trinajstić information content (AvgIpc) is 2.47. The lowest BCUT2D eigenvalue weighted by molar-refractivity contribution is -0.394. The van der Waals surface area contributed by atoms with Gasteiger partial charge in [-0.15, -0.1) is 0 Å². The molecule has 23 heavy (non-hydrogen) atoms. The Morgan fingerprint density at radius 3 is 2.22 bits per heavy atom. The van der Waals surface area contributed by atoms with Gasteiger partial charge in [-0.05, 0) is 25.0 Å². The maximum atomic E-state index is 10.9. The van der Waals surface area contributed by atoms with Crippen LogP contribution in [0.4, 0.5) is 17.1 Å². The summed E-state index contributed by atoms with van der Waals surface area (Å²) < 4.78 is 0. The molecule has 8 heteroatoms. The molecule has 0 aliphatic heterocycles. The zero-order chi connectivity index (χ0) is 17.1. The molecule has 0 aromatic heterocycles. The number of phenols is 1. The fraction of sp³-hybridized carbons (Fsp3) is 0.133. The van der Waals surface area contributed by atoms with E-state index in [-0.39, 0.29) is 5.56 Å². The molecular formula is C15H13N3O5. The molecule has 0 fully saturated rings. The number of nitro benzene ring substituents is 2. The first-order valence-electron chi connectivity index (χ1n) is 6.57. The number of rotatable bonds is 4. The van der Waals surface area contributed by atoms with Gasteiger partial charge in [-0.2, -0.15) is 0 Å². The molecule has 0 bridgehead atoms. The Hall–Kier alpha value is -3.29. The molecule has 0 spiro atoms. The molecular weight excluding hydrogens is 302 g/mol. The van der Waals surface area contributed by atoms with Crippen LogP contribution in [0.25, 0.3) is 0 Å².